The second-order valence-corrected chi connectivity index (χ2v) is 6.77. The second-order valence-electron chi connectivity index (χ2n) is 6.77. The van der Waals surface area contributed by atoms with Crippen LogP contribution in [0.1, 0.15) is 11.1 Å². The molecule has 0 fully saturated rings. The van der Waals surface area contributed by atoms with Gasteiger partial charge in [-0.2, -0.15) is 0 Å². The fourth-order valence-electron chi connectivity index (χ4n) is 3.12. The number of fused-ring (bicyclic) bond motifs is 1. The van der Waals surface area contributed by atoms with Crippen LogP contribution in [0.15, 0.2) is 65.3 Å². The molecule has 28 heavy (non-hydrogen) atoms. The summed E-state index contributed by atoms with van der Waals surface area (Å²) in [4.78, 5) is 12.2. The van der Waals surface area contributed by atoms with Crippen LogP contribution in [-0.2, 0) is 0 Å². The molecule has 136 valence electrons. The van der Waals surface area contributed by atoms with Crippen molar-refractivity contribution in [3.8, 4) is 34.3 Å². The number of hydrogen-bond acceptors (Lipinski definition) is 5. The first kappa shape index (κ1) is 16.4. The molecule has 0 unspecified atom stereocenters. The number of pyridine rings is 1. The summed E-state index contributed by atoms with van der Waals surface area (Å²) in [5, 5.41) is 8.27. The van der Waals surface area contributed by atoms with E-state index in [0.717, 1.165) is 33.5 Å². The van der Waals surface area contributed by atoms with Gasteiger partial charge in [-0.3, -0.25) is 4.98 Å². The topological polar surface area (TPSA) is 80.5 Å². The summed E-state index contributed by atoms with van der Waals surface area (Å²) >= 11 is 0. The third kappa shape index (κ3) is 2.85. The van der Waals surface area contributed by atoms with Gasteiger partial charge in [0.1, 0.15) is 5.82 Å². The van der Waals surface area contributed by atoms with Crippen LogP contribution in [0.4, 0.5) is 0 Å². The molecule has 0 aliphatic rings. The Morgan fingerprint density at radius 2 is 1.54 bits per heavy atom. The van der Waals surface area contributed by atoms with E-state index in [2.05, 4.69) is 46.1 Å². The fraction of sp³-hybridized carbons (Fsp3) is 0.0909. The molecule has 0 aliphatic carbocycles. The molecular weight excluding hydrogens is 350 g/mol. The smallest absolute Gasteiger partial charge is 0.249 e. The van der Waals surface area contributed by atoms with Gasteiger partial charge in [-0.15, -0.1) is 10.2 Å². The monoisotopic (exact) mass is 367 g/mol. The van der Waals surface area contributed by atoms with Gasteiger partial charge in [0.05, 0.1) is 16.6 Å². The summed E-state index contributed by atoms with van der Waals surface area (Å²) in [6.07, 6.45) is 3.41. The van der Waals surface area contributed by atoms with E-state index >= 15 is 0 Å². The molecule has 0 bridgehead atoms. The van der Waals surface area contributed by atoms with Crippen molar-refractivity contribution in [3.05, 3.63) is 72.1 Å². The van der Waals surface area contributed by atoms with Crippen LogP contribution in [-0.4, -0.2) is 25.1 Å². The molecule has 6 heteroatoms. The van der Waals surface area contributed by atoms with Gasteiger partial charge in [0, 0.05) is 23.5 Å². The van der Waals surface area contributed by atoms with Crippen LogP contribution in [0, 0.1) is 13.8 Å². The average molecular weight is 367 g/mol. The summed E-state index contributed by atoms with van der Waals surface area (Å²) in [7, 11) is 0. The first-order chi connectivity index (χ1) is 13.7. The Morgan fingerprint density at radius 3 is 2.29 bits per heavy atom. The molecule has 0 saturated heterocycles. The Labute approximate surface area is 161 Å². The van der Waals surface area contributed by atoms with E-state index in [1.807, 2.05) is 36.4 Å². The van der Waals surface area contributed by atoms with Gasteiger partial charge < -0.3 is 9.40 Å². The number of aromatic amines is 1. The standard InChI is InChI=1S/C22H17N5O/c1-13-10-18-19(11-14(13)2)25-20(24-18)15-5-7-16(8-6-15)21-26-27-22(28-21)17-4-3-9-23-12-17/h3-12H,1-2H3,(H,24,25). The number of nitrogens with zero attached hydrogens (tertiary/aromatic N) is 4. The van der Waals surface area contributed by atoms with Gasteiger partial charge in [-0.05, 0) is 61.4 Å². The summed E-state index contributed by atoms with van der Waals surface area (Å²) in [6, 6.07) is 15.9. The highest BCUT2D eigenvalue weighted by Crippen LogP contribution is 2.27. The lowest BCUT2D eigenvalue weighted by Gasteiger charge is -1.98. The Bertz CT molecular complexity index is 1230. The number of H-pyrrole nitrogens is 1. The average Bonchev–Trinajstić information content (AvgIpc) is 3.37. The van der Waals surface area contributed by atoms with Crippen molar-refractivity contribution < 1.29 is 4.42 Å². The molecule has 3 heterocycles. The molecule has 2 aromatic carbocycles. The van der Waals surface area contributed by atoms with Gasteiger partial charge in [-0.1, -0.05) is 12.1 Å². The molecule has 0 saturated carbocycles. The van der Waals surface area contributed by atoms with Crippen molar-refractivity contribution in [2.75, 3.05) is 0 Å². The SMILES string of the molecule is Cc1cc2nc(-c3ccc(-c4nnc(-c5cccnc5)o4)cc3)[nH]c2cc1C. The van der Waals surface area contributed by atoms with Crippen molar-refractivity contribution >= 4 is 11.0 Å². The van der Waals surface area contributed by atoms with E-state index in [0.29, 0.717) is 11.8 Å². The van der Waals surface area contributed by atoms with Gasteiger partial charge >= 0.3 is 0 Å². The van der Waals surface area contributed by atoms with Crippen molar-refractivity contribution in [3.63, 3.8) is 0 Å². The first-order valence-corrected chi connectivity index (χ1v) is 8.99. The molecule has 0 radical (unpaired) electrons. The predicted molar refractivity (Wildman–Crippen MR) is 108 cm³/mol. The zero-order valence-electron chi connectivity index (χ0n) is 15.5. The molecule has 5 rings (SSSR count). The predicted octanol–water partition coefficient (Wildman–Crippen LogP) is 4.96. The Hall–Kier alpha value is -3.80. The molecule has 6 nitrogen and oxygen atoms in total. The Balaban J connectivity index is 1.45. The number of benzene rings is 2. The molecule has 0 atom stereocenters. The van der Waals surface area contributed by atoms with Gasteiger partial charge in [0.15, 0.2) is 0 Å². The Kier molecular flexibility index (Phi) is 3.76. The van der Waals surface area contributed by atoms with Crippen LogP contribution >= 0.6 is 0 Å². The molecule has 3 aromatic heterocycles. The number of nitrogens with one attached hydrogen (secondary N) is 1. The lowest BCUT2D eigenvalue weighted by molar-refractivity contribution is 0.584. The molecule has 1 N–H and O–H groups in total. The van der Waals surface area contributed by atoms with Gasteiger partial charge in [0.2, 0.25) is 11.8 Å². The van der Waals surface area contributed by atoms with E-state index < -0.39 is 0 Å². The fourth-order valence-corrected chi connectivity index (χ4v) is 3.12. The second kappa shape index (κ2) is 6.42. The number of imidazole rings is 1. The highest BCUT2D eigenvalue weighted by atomic mass is 16.4. The maximum atomic E-state index is 5.79. The number of aryl methyl sites for hydroxylation is 2. The van der Waals surface area contributed by atoms with E-state index in [1.54, 1.807) is 12.4 Å². The maximum absolute atomic E-state index is 5.79. The summed E-state index contributed by atoms with van der Waals surface area (Å²) in [6.45, 7) is 4.20. The number of rotatable bonds is 3. The number of aromatic nitrogens is 5. The summed E-state index contributed by atoms with van der Waals surface area (Å²) in [5.74, 6) is 1.77. The van der Waals surface area contributed by atoms with Crippen LogP contribution in [0.2, 0.25) is 0 Å². The van der Waals surface area contributed by atoms with E-state index in [-0.39, 0.29) is 0 Å². The largest absolute Gasteiger partial charge is 0.416 e. The van der Waals surface area contributed by atoms with Crippen LogP contribution in [0.25, 0.3) is 45.3 Å². The van der Waals surface area contributed by atoms with Crippen molar-refractivity contribution in [1.82, 2.24) is 25.1 Å². The number of hydrogen-bond donors (Lipinski definition) is 1. The zero-order chi connectivity index (χ0) is 19.1. The van der Waals surface area contributed by atoms with Gasteiger partial charge in [-0.25, -0.2) is 4.98 Å². The highest BCUT2D eigenvalue weighted by Gasteiger charge is 2.12. The third-order valence-electron chi connectivity index (χ3n) is 4.84. The molecule has 0 amide bonds. The minimum absolute atomic E-state index is 0.454. The van der Waals surface area contributed by atoms with E-state index in [1.165, 1.54) is 11.1 Å². The molecule has 5 aromatic rings. The minimum atomic E-state index is 0.454. The third-order valence-corrected chi connectivity index (χ3v) is 4.84. The van der Waals surface area contributed by atoms with Crippen LogP contribution < -0.4 is 0 Å². The quantitative estimate of drug-likeness (QED) is 0.487. The Morgan fingerprint density at radius 1 is 0.821 bits per heavy atom. The zero-order valence-corrected chi connectivity index (χ0v) is 15.5. The molecular formula is C22H17N5O. The molecule has 0 aliphatic heterocycles. The maximum Gasteiger partial charge on any atom is 0.249 e. The lowest BCUT2D eigenvalue weighted by atomic mass is 10.1. The first-order valence-electron chi connectivity index (χ1n) is 8.99. The van der Waals surface area contributed by atoms with Crippen molar-refractivity contribution in [2.45, 2.75) is 13.8 Å². The van der Waals surface area contributed by atoms with E-state index in [4.69, 9.17) is 9.40 Å². The minimum Gasteiger partial charge on any atom is -0.416 e. The van der Waals surface area contributed by atoms with E-state index in [9.17, 15) is 0 Å². The normalized spacial score (nSPS) is 11.2. The van der Waals surface area contributed by atoms with Crippen LogP contribution in [0.5, 0.6) is 0 Å². The van der Waals surface area contributed by atoms with Gasteiger partial charge in [0.25, 0.3) is 0 Å². The van der Waals surface area contributed by atoms with Crippen molar-refractivity contribution in [2.24, 2.45) is 0 Å². The van der Waals surface area contributed by atoms with Crippen molar-refractivity contribution in [1.29, 1.82) is 0 Å². The summed E-state index contributed by atoms with van der Waals surface area (Å²) < 4.78 is 5.79. The molecule has 0 spiro atoms. The highest BCUT2D eigenvalue weighted by molar-refractivity contribution is 5.81. The summed E-state index contributed by atoms with van der Waals surface area (Å²) in [5.41, 5.74) is 7.16. The van der Waals surface area contributed by atoms with Crippen LogP contribution in [0.3, 0.4) is 0 Å². The lowest BCUT2D eigenvalue weighted by Crippen LogP contribution is -1.82.